The summed E-state index contributed by atoms with van der Waals surface area (Å²) in [5.74, 6) is -0.179. The molecular weight excluding hydrogens is 268 g/mol. The lowest BCUT2D eigenvalue weighted by molar-refractivity contribution is -0.148. The molecule has 0 bridgehead atoms. The van der Waals surface area contributed by atoms with Crippen LogP contribution in [0.2, 0.25) is 0 Å². The Labute approximate surface area is 123 Å². The number of hydrogen-bond donors (Lipinski definition) is 0. The monoisotopic (exact) mass is 288 g/mol. The van der Waals surface area contributed by atoms with Crippen LogP contribution in [0.3, 0.4) is 0 Å². The third kappa shape index (κ3) is 3.51. The molecule has 0 amide bonds. The minimum atomic E-state index is -0.458. The van der Waals surface area contributed by atoms with Gasteiger partial charge in [0.25, 0.3) is 0 Å². The number of fused-ring (bicyclic) bond motifs is 1. The summed E-state index contributed by atoms with van der Waals surface area (Å²) in [6.07, 6.45) is 0. The van der Waals surface area contributed by atoms with E-state index in [2.05, 4.69) is 13.8 Å². The van der Waals surface area contributed by atoms with E-state index in [9.17, 15) is 9.59 Å². The van der Waals surface area contributed by atoms with Crippen LogP contribution >= 0.6 is 0 Å². The summed E-state index contributed by atoms with van der Waals surface area (Å²) in [6, 6.07) is 7.53. The number of hydrogen-bond acceptors (Lipinski definition) is 4. The van der Waals surface area contributed by atoms with Crippen LogP contribution in [-0.2, 0) is 16.1 Å². The van der Waals surface area contributed by atoms with Crippen molar-refractivity contribution in [2.24, 2.45) is 5.92 Å². The van der Waals surface area contributed by atoms with E-state index < -0.39 is 5.63 Å². The molecule has 0 fully saturated rings. The Morgan fingerprint density at radius 1 is 1.19 bits per heavy atom. The maximum absolute atomic E-state index is 11.9. The largest absolute Gasteiger partial charge is 0.460 e. The number of esters is 1. The van der Waals surface area contributed by atoms with Crippen molar-refractivity contribution in [2.45, 2.75) is 40.2 Å². The fraction of sp³-hybridized carbons (Fsp3) is 0.412. The lowest BCUT2D eigenvalue weighted by Gasteiger charge is -2.08. The molecule has 0 atom stereocenters. The van der Waals surface area contributed by atoms with Crippen molar-refractivity contribution in [1.29, 1.82) is 0 Å². The Morgan fingerprint density at radius 2 is 1.90 bits per heavy atom. The third-order valence-corrected chi connectivity index (χ3v) is 3.34. The maximum Gasteiger partial charge on any atom is 0.342 e. The van der Waals surface area contributed by atoms with Crippen LogP contribution in [0.1, 0.15) is 44.7 Å². The molecule has 4 nitrogen and oxygen atoms in total. The van der Waals surface area contributed by atoms with E-state index in [0.29, 0.717) is 17.1 Å². The molecule has 0 aliphatic heterocycles. The van der Waals surface area contributed by atoms with Gasteiger partial charge in [-0.05, 0) is 23.6 Å². The molecule has 0 saturated heterocycles. The molecule has 0 unspecified atom stereocenters. The van der Waals surface area contributed by atoms with Crippen molar-refractivity contribution in [3.05, 3.63) is 45.8 Å². The lowest BCUT2D eigenvalue weighted by atomic mass is 10.0. The first kappa shape index (κ1) is 15.3. The topological polar surface area (TPSA) is 56.5 Å². The average Bonchev–Trinajstić information content (AvgIpc) is 2.43. The van der Waals surface area contributed by atoms with Crippen LogP contribution in [0, 0.1) is 5.92 Å². The number of ether oxygens (including phenoxy) is 1. The molecule has 0 aliphatic rings. The molecule has 21 heavy (non-hydrogen) atoms. The zero-order valence-corrected chi connectivity index (χ0v) is 12.8. The zero-order chi connectivity index (χ0) is 15.6. The molecule has 1 aromatic heterocycles. The van der Waals surface area contributed by atoms with Crippen molar-refractivity contribution in [3.63, 3.8) is 0 Å². The van der Waals surface area contributed by atoms with Crippen molar-refractivity contribution in [3.8, 4) is 0 Å². The Balaban J connectivity index is 2.31. The standard InChI is InChI=1S/C17H20O4/c1-10(2)12-5-6-13-7-14(9-20-16(18)11(3)4)17(19)21-15(13)8-12/h5-8,10-11H,9H2,1-4H3. The third-order valence-electron chi connectivity index (χ3n) is 3.34. The number of carbonyl (C=O) groups is 1. The second kappa shape index (κ2) is 6.12. The van der Waals surface area contributed by atoms with Crippen molar-refractivity contribution >= 4 is 16.9 Å². The van der Waals surface area contributed by atoms with Gasteiger partial charge in [-0.25, -0.2) is 4.79 Å². The molecule has 4 heteroatoms. The van der Waals surface area contributed by atoms with Gasteiger partial charge in [0.05, 0.1) is 11.5 Å². The molecule has 1 heterocycles. The van der Waals surface area contributed by atoms with Gasteiger partial charge in [0.2, 0.25) is 0 Å². The van der Waals surface area contributed by atoms with Gasteiger partial charge in [-0.15, -0.1) is 0 Å². The zero-order valence-electron chi connectivity index (χ0n) is 12.8. The van der Waals surface area contributed by atoms with Gasteiger partial charge in [-0.3, -0.25) is 4.79 Å². The summed E-state index contributed by atoms with van der Waals surface area (Å²) >= 11 is 0. The Kier molecular flexibility index (Phi) is 4.46. The van der Waals surface area contributed by atoms with Gasteiger partial charge in [0, 0.05) is 5.39 Å². The molecule has 2 aromatic rings. The fourth-order valence-corrected chi connectivity index (χ4v) is 1.95. The maximum atomic E-state index is 11.9. The molecular formula is C17H20O4. The highest BCUT2D eigenvalue weighted by molar-refractivity contribution is 5.78. The summed E-state index contributed by atoms with van der Waals surface area (Å²) < 4.78 is 10.4. The Bertz CT molecular complexity index is 710. The van der Waals surface area contributed by atoms with Gasteiger partial charge in [0.15, 0.2) is 0 Å². The smallest absolute Gasteiger partial charge is 0.342 e. The van der Waals surface area contributed by atoms with E-state index in [1.807, 2.05) is 18.2 Å². The molecule has 112 valence electrons. The Hall–Kier alpha value is -2.10. The van der Waals surface area contributed by atoms with E-state index in [4.69, 9.17) is 9.15 Å². The molecule has 1 aromatic carbocycles. The van der Waals surface area contributed by atoms with Crippen molar-refractivity contribution in [2.75, 3.05) is 0 Å². The summed E-state index contributed by atoms with van der Waals surface area (Å²) in [5, 5.41) is 0.828. The van der Waals surface area contributed by atoms with E-state index >= 15 is 0 Å². The minimum absolute atomic E-state index is 0.0543. The normalized spacial score (nSPS) is 11.3. The summed E-state index contributed by atoms with van der Waals surface area (Å²) in [6.45, 7) is 7.61. The van der Waals surface area contributed by atoms with Crippen LogP contribution in [-0.4, -0.2) is 5.97 Å². The lowest BCUT2D eigenvalue weighted by Crippen LogP contribution is -2.15. The molecule has 0 spiro atoms. The fourth-order valence-electron chi connectivity index (χ4n) is 1.95. The predicted octanol–water partition coefficient (Wildman–Crippen LogP) is 3.62. The van der Waals surface area contributed by atoms with Crippen LogP contribution in [0.25, 0.3) is 11.0 Å². The highest BCUT2D eigenvalue weighted by Gasteiger charge is 2.12. The summed E-state index contributed by atoms with van der Waals surface area (Å²) in [4.78, 5) is 23.4. The highest BCUT2D eigenvalue weighted by Crippen LogP contribution is 2.21. The van der Waals surface area contributed by atoms with E-state index in [-0.39, 0.29) is 18.5 Å². The van der Waals surface area contributed by atoms with E-state index in [1.54, 1.807) is 19.9 Å². The first-order valence-corrected chi connectivity index (χ1v) is 7.11. The van der Waals surface area contributed by atoms with E-state index in [0.717, 1.165) is 10.9 Å². The van der Waals surface area contributed by atoms with Gasteiger partial charge in [-0.2, -0.15) is 0 Å². The van der Waals surface area contributed by atoms with Gasteiger partial charge >= 0.3 is 11.6 Å². The van der Waals surface area contributed by atoms with Crippen molar-refractivity contribution < 1.29 is 13.9 Å². The number of carbonyl (C=O) groups excluding carboxylic acids is 1. The van der Waals surface area contributed by atoms with Crippen LogP contribution in [0.5, 0.6) is 0 Å². The van der Waals surface area contributed by atoms with E-state index in [1.165, 1.54) is 0 Å². The van der Waals surface area contributed by atoms with Gasteiger partial charge in [-0.1, -0.05) is 39.8 Å². The van der Waals surface area contributed by atoms with Gasteiger partial charge < -0.3 is 9.15 Å². The first-order chi connectivity index (χ1) is 9.88. The molecule has 2 rings (SSSR count). The SMILES string of the molecule is CC(C)C(=O)OCc1cc2ccc(C(C)C)cc2oc1=O. The van der Waals surface area contributed by atoms with Crippen LogP contribution in [0.4, 0.5) is 0 Å². The summed E-state index contributed by atoms with van der Waals surface area (Å²) in [5.41, 5.74) is 1.57. The first-order valence-electron chi connectivity index (χ1n) is 7.11. The van der Waals surface area contributed by atoms with Gasteiger partial charge in [0.1, 0.15) is 12.2 Å². The molecule has 0 saturated carbocycles. The Morgan fingerprint density at radius 3 is 2.52 bits per heavy atom. The second-order valence-electron chi connectivity index (χ2n) is 5.77. The van der Waals surface area contributed by atoms with Crippen LogP contribution < -0.4 is 5.63 Å². The molecule has 0 radical (unpaired) electrons. The second-order valence-corrected chi connectivity index (χ2v) is 5.77. The average molecular weight is 288 g/mol. The predicted molar refractivity (Wildman–Crippen MR) is 81.2 cm³/mol. The highest BCUT2D eigenvalue weighted by atomic mass is 16.5. The summed E-state index contributed by atoms with van der Waals surface area (Å²) in [7, 11) is 0. The van der Waals surface area contributed by atoms with Crippen molar-refractivity contribution in [1.82, 2.24) is 0 Å². The quantitative estimate of drug-likeness (QED) is 0.637. The number of rotatable bonds is 4. The molecule has 0 N–H and O–H groups in total. The molecule has 0 aliphatic carbocycles. The van der Waals surface area contributed by atoms with Crippen LogP contribution in [0.15, 0.2) is 33.5 Å². The minimum Gasteiger partial charge on any atom is -0.460 e. The number of benzene rings is 1.